The molecule has 4 rings (SSSR count). The van der Waals surface area contributed by atoms with E-state index in [1.807, 2.05) is 30.3 Å². The van der Waals surface area contributed by atoms with Crippen LogP contribution in [0.5, 0.6) is 5.75 Å². The molecule has 132 valence electrons. The van der Waals surface area contributed by atoms with Gasteiger partial charge in [-0.25, -0.2) is 9.97 Å². The van der Waals surface area contributed by atoms with Crippen molar-refractivity contribution in [1.82, 2.24) is 9.97 Å². The molecule has 2 aromatic carbocycles. The van der Waals surface area contributed by atoms with Crippen molar-refractivity contribution < 1.29 is 4.74 Å². The van der Waals surface area contributed by atoms with Gasteiger partial charge < -0.3 is 20.7 Å². The van der Waals surface area contributed by atoms with Crippen molar-refractivity contribution in [1.29, 1.82) is 0 Å². The number of aryl methyl sites for hydroxylation is 1. The number of nitrogen functional groups attached to an aromatic ring is 1. The van der Waals surface area contributed by atoms with Crippen LogP contribution in [0.25, 0.3) is 0 Å². The maximum Gasteiger partial charge on any atom is 0.161 e. The normalized spacial score (nSPS) is 13.2. The van der Waals surface area contributed by atoms with Crippen LogP contribution in [0.1, 0.15) is 12.0 Å². The highest BCUT2D eigenvalue weighted by Crippen LogP contribution is 2.37. The zero-order chi connectivity index (χ0) is 17.9. The standard InChI is InChI=1S/C20H21N5O/c1-26-16-9-4-8-15(12-16)24-19-18(21)20(23-13-22-19)25-11-5-7-14-6-2-3-10-17(14)25/h2-4,6,8-10,12-13H,5,7,11,21H2,1H3,(H,22,23,24). The van der Waals surface area contributed by atoms with E-state index in [9.17, 15) is 0 Å². The number of aromatic nitrogens is 2. The van der Waals surface area contributed by atoms with Gasteiger partial charge in [0, 0.05) is 24.0 Å². The Kier molecular flexibility index (Phi) is 4.31. The number of methoxy groups -OCH3 is 1. The third-order valence-corrected chi connectivity index (χ3v) is 4.56. The van der Waals surface area contributed by atoms with E-state index in [0.29, 0.717) is 11.5 Å². The molecular formula is C20H21N5O. The van der Waals surface area contributed by atoms with Gasteiger partial charge in [-0.3, -0.25) is 0 Å². The van der Waals surface area contributed by atoms with Crippen LogP contribution < -0.4 is 20.7 Å². The number of rotatable bonds is 4. The summed E-state index contributed by atoms with van der Waals surface area (Å²) < 4.78 is 5.27. The maximum atomic E-state index is 6.43. The Morgan fingerprint density at radius 3 is 2.88 bits per heavy atom. The van der Waals surface area contributed by atoms with E-state index in [1.54, 1.807) is 13.4 Å². The number of ether oxygens (including phenoxy) is 1. The molecule has 0 aliphatic carbocycles. The summed E-state index contributed by atoms with van der Waals surface area (Å²) in [7, 11) is 1.64. The van der Waals surface area contributed by atoms with Gasteiger partial charge in [-0.15, -0.1) is 0 Å². The molecule has 1 aromatic heterocycles. The van der Waals surface area contributed by atoms with Gasteiger partial charge in [-0.2, -0.15) is 0 Å². The number of nitrogens with two attached hydrogens (primary N) is 1. The lowest BCUT2D eigenvalue weighted by Crippen LogP contribution is -2.26. The van der Waals surface area contributed by atoms with Crippen LogP contribution in [0.2, 0.25) is 0 Å². The molecule has 0 radical (unpaired) electrons. The predicted molar refractivity (Wildman–Crippen MR) is 104 cm³/mol. The van der Waals surface area contributed by atoms with Gasteiger partial charge in [0.25, 0.3) is 0 Å². The van der Waals surface area contributed by atoms with E-state index in [4.69, 9.17) is 10.5 Å². The summed E-state index contributed by atoms with van der Waals surface area (Å²) in [5.74, 6) is 2.09. The number of anilines is 5. The highest BCUT2D eigenvalue weighted by molar-refractivity contribution is 5.82. The van der Waals surface area contributed by atoms with Crippen LogP contribution in [0.15, 0.2) is 54.9 Å². The van der Waals surface area contributed by atoms with Gasteiger partial charge in [-0.1, -0.05) is 24.3 Å². The number of hydrogen-bond donors (Lipinski definition) is 2. The van der Waals surface area contributed by atoms with Gasteiger partial charge in [0.2, 0.25) is 0 Å². The van der Waals surface area contributed by atoms with E-state index in [1.165, 1.54) is 5.56 Å². The average molecular weight is 347 g/mol. The van der Waals surface area contributed by atoms with Crippen molar-refractivity contribution in [3.63, 3.8) is 0 Å². The second-order valence-electron chi connectivity index (χ2n) is 6.20. The number of nitrogens with zero attached hydrogens (tertiary/aromatic N) is 3. The number of fused-ring (bicyclic) bond motifs is 1. The fraction of sp³-hybridized carbons (Fsp3) is 0.200. The first-order chi connectivity index (χ1) is 12.8. The minimum absolute atomic E-state index is 0.534. The molecule has 0 amide bonds. The van der Waals surface area contributed by atoms with E-state index >= 15 is 0 Å². The van der Waals surface area contributed by atoms with E-state index in [2.05, 4.69) is 38.4 Å². The molecule has 0 saturated carbocycles. The lowest BCUT2D eigenvalue weighted by molar-refractivity contribution is 0.415. The minimum atomic E-state index is 0.534. The first-order valence-corrected chi connectivity index (χ1v) is 8.63. The van der Waals surface area contributed by atoms with Gasteiger partial charge in [-0.05, 0) is 36.6 Å². The largest absolute Gasteiger partial charge is 0.497 e. The van der Waals surface area contributed by atoms with E-state index < -0.39 is 0 Å². The molecular weight excluding hydrogens is 326 g/mol. The van der Waals surface area contributed by atoms with Gasteiger partial charge in [0.15, 0.2) is 11.6 Å². The SMILES string of the molecule is COc1cccc(Nc2ncnc(N3CCCc4ccccc43)c2N)c1. The molecule has 2 heterocycles. The topological polar surface area (TPSA) is 76.3 Å². The highest BCUT2D eigenvalue weighted by Gasteiger charge is 2.22. The smallest absolute Gasteiger partial charge is 0.161 e. The van der Waals surface area contributed by atoms with Crippen LogP contribution >= 0.6 is 0 Å². The first-order valence-electron chi connectivity index (χ1n) is 8.63. The number of nitrogens with one attached hydrogen (secondary N) is 1. The summed E-state index contributed by atoms with van der Waals surface area (Å²) in [6.45, 7) is 0.886. The van der Waals surface area contributed by atoms with Crippen LogP contribution in [-0.2, 0) is 6.42 Å². The molecule has 0 spiro atoms. The van der Waals surface area contributed by atoms with Crippen molar-refractivity contribution >= 4 is 28.7 Å². The van der Waals surface area contributed by atoms with Crippen LogP contribution in [0.4, 0.5) is 28.7 Å². The van der Waals surface area contributed by atoms with Crippen LogP contribution in [0, 0.1) is 0 Å². The van der Waals surface area contributed by atoms with Crippen LogP contribution in [-0.4, -0.2) is 23.6 Å². The first kappa shape index (κ1) is 16.2. The van der Waals surface area contributed by atoms with Crippen molar-refractivity contribution in [3.05, 3.63) is 60.4 Å². The Bertz CT molecular complexity index is 928. The maximum absolute atomic E-state index is 6.43. The summed E-state index contributed by atoms with van der Waals surface area (Å²) in [6, 6.07) is 16.0. The Morgan fingerprint density at radius 2 is 2.00 bits per heavy atom. The second kappa shape index (κ2) is 6.92. The zero-order valence-corrected chi connectivity index (χ0v) is 14.6. The van der Waals surface area contributed by atoms with Crippen molar-refractivity contribution in [2.45, 2.75) is 12.8 Å². The monoisotopic (exact) mass is 347 g/mol. The van der Waals surface area contributed by atoms with Crippen molar-refractivity contribution in [2.24, 2.45) is 0 Å². The molecule has 26 heavy (non-hydrogen) atoms. The van der Waals surface area contributed by atoms with Crippen molar-refractivity contribution in [3.8, 4) is 5.75 Å². The third-order valence-electron chi connectivity index (χ3n) is 4.56. The molecule has 0 atom stereocenters. The lowest BCUT2D eigenvalue weighted by atomic mass is 10.0. The Hall–Kier alpha value is -3.28. The summed E-state index contributed by atoms with van der Waals surface area (Å²) in [6.07, 6.45) is 3.69. The molecule has 1 aliphatic rings. The van der Waals surface area contributed by atoms with Gasteiger partial charge >= 0.3 is 0 Å². The van der Waals surface area contributed by atoms with Gasteiger partial charge in [0.1, 0.15) is 17.8 Å². The minimum Gasteiger partial charge on any atom is -0.497 e. The number of para-hydroxylation sites is 1. The van der Waals surface area contributed by atoms with E-state index in [0.717, 1.165) is 42.3 Å². The molecule has 6 heteroatoms. The Morgan fingerprint density at radius 1 is 1.12 bits per heavy atom. The molecule has 3 N–H and O–H groups in total. The molecule has 6 nitrogen and oxygen atoms in total. The number of hydrogen-bond acceptors (Lipinski definition) is 6. The molecule has 1 aliphatic heterocycles. The van der Waals surface area contributed by atoms with E-state index in [-0.39, 0.29) is 0 Å². The van der Waals surface area contributed by atoms with Gasteiger partial charge in [0.05, 0.1) is 7.11 Å². The summed E-state index contributed by atoms with van der Waals surface area (Å²) >= 11 is 0. The second-order valence-corrected chi connectivity index (χ2v) is 6.20. The molecule has 3 aromatic rings. The number of benzene rings is 2. The Labute approximate surface area is 152 Å². The summed E-state index contributed by atoms with van der Waals surface area (Å²) in [5, 5.41) is 3.27. The fourth-order valence-corrected chi connectivity index (χ4v) is 3.29. The highest BCUT2D eigenvalue weighted by atomic mass is 16.5. The summed E-state index contributed by atoms with van der Waals surface area (Å²) in [5.41, 5.74) is 10.3. The zero-order valence-electron chi connectivity index (χ0n) is 14.6. The third kappa shape index (κ3) is 3.01. The quantitative estimate of drug-likeness (QED) is 0.745. The molecule has 0 fully saturated rings. The molecule has 0 saturated heterocycles. The molecule has 0 bridgehead atoms. The van der Waals surface area contributed by atoms with Crippen molar-refractivity contribution in [2.75, 3.05) is 29.6 Å². The fourth-order valence-electron chi connectivity index (χ4n) is 3.29. The predicted octanol–water partition coefficient (Wildman–Crippen LogP) is 3.90. The molecule has 0 unspecified atom stereocenters. The average Bonchev–Trinajstić information content (AvgIpc) is 2.69. The lowest BCUT2D eigenvalue weighted by Gasteiger charge is -2.31. The summed E-state index contributed by atoms with van der Waals surface area (Å²) in [4.78, 5) is 11.0. The Balaban J connectivity index is 1.69. The van der Waals surface area contributed by atoms with Crippen LogP contribution in [0.3, 0.4) is 0 Å².